The van der Waals surface area contributed by atoms with Crippen molar-refractivity contribution in [3.8, 4) is 0 Å². The van der Waals surface area contributed by atoms with E-state index in [1.165, 1.54) is 0 Å². The van der Waals surface area contributed by atoms with Gasteiger partial charge in [0, 0.05) is 11.0 Å². The molecule has 0 aromatic heterocycles. The Kier molecular flexibility index (Phi) is 5.86. The third-order valence-electron chi connectivity index (χ3n) is 1.97. The standard InChI is InChI=1S/C11H16BrNO2/c1-13-6-10(14)8-15-7-9-4-2-3-5-11(9)12/h2-5,10,13-14H,6-8H2,1H3. The second-order valence-electron chi connectivity index (χ2n) is 3.32. The van der Waals surface area contributed by atoms with Gasteiger partial charge in [-0.3, -0.25) is 0 Å². The molecule has 0 fully saturated rings. The summed E-state index contributed by atoms with van der Waals surface area (Å²) in [4.78, 5) is 0. The van der Waals surface area contributed by atoms with Crippen LogP contribution in [-0.2, 0) is 11.3 Å². The number of hydrogen-bond donors (Lipinski definition) is 2. The van der Waals surface area contributed by atoms with Gasteiger partial charge >= 0.3 is 0 Å². The molecule has 0 saturated heterocycles. The van der Waals surface area contributed by atoms with Gasteiger partial charge in [0.1, 0.15) is 0 Å². The minimum absolute atomic E-state index is 0.349. The van der Waals surface area contributed by atoms with Crippen LogP contribution in [0.25, 0.3) is 0 Å². The fraction of sp³-hybridized carbons (Fsp3) is 0.455. The molecule has 0 spiro atoms. The Morgan fingerprint density at radius 2 is 2.20 bits per heavy atom. The Balaban J connectivity index is 2.29. The molecule has 1 rings (SSSR count). The maximum Gasteiger partial charge on any atom is 0.0897 e. The van der Waals surface area contributed by atoms with Gasteiger partial charge in [-0.05, 0) is 18.7 Å². The van der Waals surface area contributed by atoms with Crippen molar-refractivity contribution in [2.75, 3.05) is 20.2 Å². The van der Waals surface area contributed by atoms with Crippen molar-refractivity contribution in [1.29, 1.82) is 0 Å². The SMILES string of the molecule is CNCC(O)COCc1ccccc1Br. The molecule has 0 aliphatic heterocycles. The highest BCUT2D eigenvalue weighted by Gasteiger charge is 2.03. The molecule has 4 heteroatoms. The van der Waals surface area contributed by atoms with Crippen LogP contribution in [0.3, 0.4) is 0 Å². The number of hydrogen-bond acceptors (Lipinski definition) is 3. The molecule has 1 aromatic carbocycles. The summed E-state index contributed by atoms with van der Waals surface area (Å²) in [6.45, 7) is 1.42. The molecule has 0 heterocycles. The van der Waals surface area contributed by atoms with E-state index in [0.717, 1.165) is 10.0 Å². The van der Waals surface area contributed by atoms with Gasteiger partial charge in [0.25, 0.3) is 0 Å². The quantitative estimate of drug-likeness (QED) is 0.827. The lowest BCUT2D eigenvalue weighted by Gasteiger charge is -2.11. The topological polar surface area (TPSA) is 41.5 Å². The zero-order valence-electron chi connectivity index (χ0n) is 8.74. The van der Waals surface area contributed by atoms with E-state index in [1.807, 2.05) is 24.3 Å². The Bertz CT molecular complexity index is 294. The number of rotatable bonds is 6. The van der Waals surface area contributed by atoms with Gasteiger partial charge in [-0.25, -0.2) is 0 Å². The monoisotopic (exact) mass is 273 g/mol. The number of halogens is 1. The lowest BCUT2D eigenvalue weighted by atomic mass is 10.2. The van der Waals surface area contributed by atoms with E-state index in [9.17, 15) is 5.11 Å². The van der Waals surface area contributed by atoms with Gasteiger partial charge in [-0.1, -0.05) is 34.1 Å². The van der Waals surface area contributed by atoms with Gasteiger partial charge < -0.3 is 15.2 Å². The van der Waals surface area contributed by atoms with Crippen molar-refractivity contribution in [3.05, 3.63) is 34.3 Å². The molecule has 2 N–H and O–H groups in total. The Labute approximate surface area is 98.6 Å². The van der Waals surface area contributed by atoms with Gasteiger partial charge in [-0.2, -0.15) is 0 Å². The molecule has 15 heavy (non-hydrogen) atoms. The van der Waals surface area contributed by atoms with Gasteiger partial charge in [0.15, 0.2) is 0 Å². The molecule has 0 saturated carbocycles. The van der Waals surface area contributed by atoms with E-state index in [-0.39, 0.29) is 0 Å². The molecule has 1 atom stereocenters. The van der Waals surface area contributed by atoms with Crippen molar-refractivity contribution < 1.29 is 9.84 Å². The van der Waals surface area contributed by atoms with E-state index in [2.05, 4.69) is 21.2 Å². The molecule has 0 bridgehead atoms. The summed E-state index contributed by atoms with van der Waals surface area (Å²) in [6.07, 6.45) is -0.447. The van der Waals surface area contributed by atoms with E-state index < -0.39 is 6.10 Å². The van der Waals surface area contributed by atoms with Crippen molar-refractivity contribution >= 4 is 15.9 Å². The first-order chi connectivity index (χ1) is 7.24. The minimum atomic E-state index is -0.447. The van der Waals surface area contributed by atoms with Crippen LogP contribution in [0.1, 0.15) is 5.56 Å². The van der Waals surface area contributed by atoms with Crippen LogP contribution in [0.2, 0.25) is 0 Å². The Morgan fingerprint density at radius 3 is 2.87 bits per heavy atom. The number of likely N-dealkylation sites (N-methyl/N-ethyl adjacent to an activating group) is 1. The zero-order chi connectivity index (χ0) is 11.1. The molecule has 84 valence electrons. The lowest BCUT2D eigenvalue weighted by Crippen LogP contribution is -2.27. The minimum Gasteiger partial charge on any atom is -0.389 e. The number of benzene rings is 1. The van der Waals surface area contributed by atoms with Crippen molar-refractivity contribution in [2.45, 2.75) is 12.7 Å². The summed E-state index contributed by atoms with van der Waals surface area (Å²) in [7, 11) is 1.80. The molecule has 3 nitrogen and oxygen atoms in total. The van der Waals surface area contributed by atoms with E-state index in [0.29, 0.717) is 19.8 Å². The summed E-state index contributed by atoms with van der Waals surface area (Å²) in [6, 6.07) is 7.90. The average molecular weight is 274 g/mol. The van der Waals surface area contributed by atoms with Crippen LogP contribution in [0.15, 0.2) is 28.7 Å². The highest BCUT2D eigenvalue weighted by atomic mass is 79.9. The van der Waals surface area contributed by atoms with E-state index in [1.54, 1.807) is 7.05 Å². The molecular formula is C11H16BrNO2. The molecule has 1 aromatic rings. The fourth-order valence-corrected chi connectivity index (χ4v) is 1.61. The maximum absolute atomic E-state index is 9.40. The van der Waals surface area contributed by atoms with Gasteiger partial charge in [0.05, 0.1) is 19.3 Å². The van der Waals surface area contributed by atoms with Gasteiger partial charge in [-0.15, -0.1) is 0 Å². The largest absolute Gasteiger partial charge is 0.389 e. The third-order valence-corrected chi connectivity index (χ3v) is 2.74. The molecule has 0 amide bonds. The third kappa shape index (κ3) is 4.75. The van der Waals surface area contributed by atoms with Crippen LogP contribution in [0.4, 0.5) is 0 Å². The first kappa shape index (κ1) is 12.6. The first-order valence-corrected chi connectivity index (χ1v) is 5.67. The predicted molar refractivity (Wildman–Crippen MR) is 63.7 cm³/mol. The number of nitrogens with one attached hydrogen (secondary N) is 1. The molecule has 1 unspecified atom stereocenters. The van der Waals surface area contributed by atoms with Crippen molar-refractivity contribution in [3.63, 3.8) is 0 Å². The lowest BCUT2D eigenvalue weighted by molar-refractivity contribution is 0.0295. The summed E-state index contributed by atoms with van der Waals surface area (Å²) in [5.41, 5.74) is 1.09. The summed E-state index contributed by atoms with van der Waals surface area (Å²) < 4.78 is 6.43. The molecular weight excluding hydrogens is 258 g/mol. The van der Waals surface area contributed by atoms with E-state index in [4.69, 9.17) is 4.74 Å². The second-order valence-corrected chi connectivity index (χ2v) is 4.17. The summed E-state index contributed by atoms with van der Waals surface area (Å²) in [5, 5.41) is 12.3. The highest BCUT2D eigenvalue weighted by molar-refractivity contribution is 9.10. The van der Waals surface area contributed by atoms with Crippen LogP contribution >= 0.6 is 15.9 Å². The average Bonchev–Trinajstić information content (AvgIpc) is 2.21. The molecule has 0 aliphatic carbocycles. The zero-order valence-corrected chi connectivity index (χ0v) is 10.3. The van der Waals surface area contributed by atoms with Crippen LogP contribution < -0.4 is 5.32 Å². The second kappa shape index (κ2) is 6.95. The molecule has 0 aliphatic rings. The van der Waals surface area contributed by atoms with Crippen LogP contribution in [0, 0.1) is 0 Å². The van der Waals surface area contributed by atoms with Crippen LogP contribution in [-0.4, -0.2) is 31.4 Å². The number of aliphatic hydroxyl groups is 1. The Morgan fingerprint density at radius 1 is 1.47 bits per heavy atom. The smallest absolute Gasteiger partial charge is 0.0897 e. The fourth-order valence-electron chi connectivity index (χ4n) is 1.21. The van der Waals surface area contributed by atoms with Gasteiger partial charge in [0.2, 0.25) is 0 Å². The normalized spacial score (nSPS) is 12.7. The predicted octanol–water partition coefficient (Wildman–Crippen LogP) is 1.55. The number of aliphatic hydroxyl groups excluding tert-OH is 1. The maximum atomic E-state index is 9.40. The van der Waals surface area contributed by atoms with E-state index >= 15 is 0 Å². The van der Waals surface area contributed by atoms with Crippen molar-refractivity contribution in [2.24, 2.45) is 0 Å². The Hall–Kier alpha value is -0.420. The highest BCUT2D eigenvalue weighted by Crippen LogP contribution is 2.16. The number of ether oxygens (including phenoxy) is 1. The molecule has 0 radical (unpaired) electrons. The first-order valence-electron chi connectivity index (χ1n) is 4.88. The summed E-state index contributed by atoms with van der Waals surface area (Å²) in [5.74, 6) is 0. The van der Waals surface area contributed by atoms with Crippen molar-refractivity contribution in [1.82, 2.24) is 5.32 Å². The summed E-state index contributed by atoms with van der Waals surface area (Å²) >= 11 is 3.44. The van der Waals surface area contributed by atoms with Crippen LogP contribution in [0.5, 0.6) is 0 Å².